The molecule has 0 aliphatic carbocycles. The van der Waals surface area contributed by atoms with Crippen molar-refractivity contribution in [2.24, 2.45) is 0 Å². The predicted molar refractivity (Wildman–Crippen MR) is 90.6 cm³/mol. The summed E-state index contributed by atoms with van der Waals surface area (Å²) in [5.41, 5.74) is 4.28. The number of carbonyl (C=O) groups is 3. The van der Waals surface area contributed by atoms with Gasteiger partial charge in [0.05, 0.1) is 5.39 Å². The van der Waals surface area contributed by atoms with Crippen LogP contribution in [0, 0.1) is 0 Å². The molecule has 0 atom stereocenters. The number of nitrogens with zero attached hydrogens (tertiary/aromatic N) is 2. The second kappa shape index (κ2) is 8.04. The number of nitrogens with one attached hydrogen (secondary N) is 3. The summed E-state index contributed by atoms with van der Waals surface area (Å²) in [4.78, 5) is 47.0. The highest BCUT2D eigenvalue weighted by atomic mass is 16.2. The maximum Gasteiger partial charge on any atom is 0.290 e. The van der Waals surface area contributed by atoms with Gasteiger partial charge in [0.1, 0.15) is 0 Å². The fourth-order valence-electron chi connectivity index (χ4n) is 2.22. The monoisotopic (exact) mass is 345 g/mol. The molecule has 1 aromatic carbocycles. The lowest BCUT2D eigenvalue weighted by molar-refractivity contribution is -0.122. The zero-order valence-corrected chi connectivity index (χ0v) is 14.0. The first kappa shape index (κ1) is 18.1. The van der Waals surface area contributed by atoms with Gasteiger partial charge in [-0.1, -0.05) is 18.2 Å². The van der Waals surface area contributed by atoms with Gasteiger partial charge in [-0.05, 0) is 13.0 Å². The Bertz CT molecular complexity index is 874. The highest BCUT2D eigenvalue weighted by molar-refractivity contribution is 6.05. The Balaban J connectivity index is 2.14. The Hall–Kier alpha value is -3.23. The molecule has 3 N–H and O–H groups in total. The van der Waals surface area contributed by atoms with Crippen molar-refractivity contribution in [2.45, 2.75) is 26.8 Å². The van der Waals surface area contributed by atoms with Crippen LogP contribution in [0.1, 0.15) is 30.8 Å². The van der Waals surface area contributed by atoms with Crippen LogP contribution in [0.5, 0.6) is 0 Å². The van der Waals surface area contributed by atoms with E-state index in [4.69, 9.17) is 0 Å². The number of hydrogen-bond donors (Lipinski definition) is 3. The van der Waals surface area contributed by atoms with Crippen molar-refractivity contribution in [3.8, 4) is 0 Å². The van der Waals surface area contributed by atoms with Gasteiger partial charge in [0.25, 0.3) is 11.5 Å². The second-order valence-corrected chi connectivity index (χ2v) is 5.25. The molecule has 3 amide bonds. The Labute approximate surface area is 143 Å². The van der Waals surface area contributed by atoms with E-state index in [2.05, 4.69) is 21.3 Å². The first-order chi connectivity index (χ1) is 11.9. The largest absolute Gasteiger partial charge is 0.356 e. The normalized spacial score (nSPS) is 10.3. The Morgan fingerprint density at radius 2 is 1.80 bits per heavy atom. The minimum Gasteiger partial charge on any atom is -0.356 e. The van der Waals surface area contributed by atoms with Gasteiger partial charge in [0.2, 0.25) is 11.8 Å². The van der Waals surface area contributed by atoms with Crippen molar-refractivity contribution in [1.82, 2.24) is 25.9 Å². The van der Waals surface area contributed by atoms with Crippen LogP contribution in [0.25, 0.3) is 10.8 Å². The van der Waals surface area contributed by atoms with E-state index in [-0.39, 0.29) is 30.1 Å². The molecule has 0 saturated heterocycles. The second-order valence-electron chi connectivity index (χ2n) is 5.25. The number of aromatic nitrogens is 2. The summed E-state index contributed by atoms with van der Waals surface area (Å²) in [7, 11) is 0. The third-order valence-corrected chi connectivity index (χ3v) is 3.42. The van der Waals surface area contributed by atoms with Crippen LogP contribution in [-0.2, 0) is 16.1 Å². The van der Waals surface area contributed by atoms with Crippen LogP contribution < -0.4 is 21.7 Å². The first-order valence-electron chi connectivity index (χ1n) is 7.77. The third kappa shape index (κ3) is 4.40. The SMILES string of the molecule is CCn1nc(C(=O)NNC(=O)CCNC(C)=O)c2ccccc2c1=O. The molecule has 25 heavy (non-hydrogen) atoms. The Kier molecular flexibility index (Phi) is 5.83. The van der Waals surface area contributed by atoms with Crippen molar-refractivity contribution in [3.05, 3.63) is 40.3 Å². The smallest absolute Gasteiger partial charge is 0.290 e. The number of fused-ring (bicyclic) bond motifs is 1. The van der Waals surface area contributed by atoms with E-state index in [1.54, 1.807) is 31.2 Å². The standard InChI is InChI=1S/C16H19N5O4/c1-3-21-16(25)12-7-5-4-6-11(12)14(20-21)15(24)19-18-13(23)8-9-17-10(2)22/h4-7H,3,8-9H2,1-2H3,(H,17,22)(H,18,23)(H,19,24). The van der Waals surface area contributed by atoms with Crippen LogP contribution in [-0.4, -0.2) is 34.0 Å². The van der Waals surface area contributed by atoms with Gasteiger partial charge in [-0.25, -0.2) is 4.68 Å². The summed E-state index contributed by atoms with van der Waals surface area (Å²) in [6.45, 7) is 3.57. The zero-order valence-electron chi connectivity index (χ0n) is 14.0. The number of rotatable bonds is 5. The summed E-state index contributed by atoms with van der Waals surface area (Å²) in [5, 5.41) is 7.33. The molecule has 0 saturated carbocycles. The summed E-state index contributed by atoms with van der Waals surface area (Å²) in [6, 6.07) is 6.64. The van der Waals surface area contributed by atoms with Crippen LogP contribution in [0.3, 0.4) is 0 Å². The molecule has 0 radical (unpaired) electrons. The predicted octanol–water partition coefficient (Wildman–Crippen LogP) is -0.296. The van der Waals surface area contributed by atoms with Crippen LogP contribution >= 0.6 is 0 Å². The molecule has 0 spiro atoms. The van der Waals surface area contributed by atoms with Gasteiger partial charge in [-0.3, -0.25) is 30.0 Å². The Morgan fingerprint density at radius 3 is 2.44 bits per heavy atom. The van der Waals surface area contributed by atoms with E-state index in [0.29, 0.717) is 17.3 Å². The van der Waals surface area contributed by atoms with Crippen molar-refractivity contribution < 1.29 is 14.4 Å². The number of amides is 3. The summed E-state index contributed by atoms with van der Waals surface area (Å²) < 4.78 is 1.19. The van der Waals surface area contributed by atoms with Gasteiger partial charge >= 0.3 is 0 Å². The molecule has 0 aliphatic heterocycles. The van der Waals surface area contributed by atoms with Gasteiger partial charge < -0.3 is 5.32 Å². The topological polar surface area (TPSA) is 122 Å². The molecule has 2 rings (SSSR count). The quantitative estimate of drug-likeness (QED) is 0.643. The lowest BCUT2D eigenvalue weighted by Gasteiger charge is -2.11. The molecule has 9 nitrogen and oxygen atoms in total. The lowest BCUT2D eigenvalue weighted by atomic mass is 10.1. The lowest BCUT2D eigenvalue weighted by Crippen LogP contribution is -2.43. The fourth-order valence-corrected chi connectivity index (χ4v) is 2.22. The highest BCUT2D eigenvalue weighted by Crippen LogP contribution is 2.12. The Morgan fingerprint density at radius 1 is 1.12 bits per heavy atom. The molecule has 132 valence electrons. The van der Waals surface area contributed by atoms with E-state index >= 15 is 0 Å². The molecule has 1 aromatic heterocycles. The van der Waals surface area contributed by atoms with E-state index in [1.807, 2.05) is 0 Å². The van der Waals surface area contributed by atoms with Crippen molar-refractivity contribution in [2.75, 3.05) is 6.54 Å². The summed E-state index contributed by atoms with van der Waals surface area (Å²) in [6.07, 6.45) is 0.0164. The number of aryl methyl sites for hydroxylation is 1. The molecule has 0 fully saturated rings. The van der Waals surface area contributed by atoms with Gasteiger partial charge in [-0.15, -0.1) is 0 Å². The molecular weight excluding hydrogens is 326 g/mol. The van der Waals surface area contributed by atoms with Crippen LogP contribution in [0.2, 0.25) is 0 Å². The fraction of sp³-hybridized carbons (Fsp3) is 0.312. The minimum absolute atomic E-state index is 0.0164. The number of hydrazine groups is 1. The minimum atomic E-state index is -0.633. The van der Waals surface area contributed by atoms with Gasteiger partial charge in [0, 0.05) is 31.8 Å². The summed E-state index contributed by atoms with van der Waals surface area (Å²) >= 11 is 0. The number of hydrogen-bond acceptors (Lipinski definition) is 5. The maximum absolute atomic E-state index is 12.4. The van der Waals surface area contributed by atoms with Gasteiger partial charge in [0.15, 0.2) is 5.69 Å². The third-order valence-electron chi connectivity index (χ3n) is 3.42. The number of carbonyl (C=O) groups excluding carboxylic acids is 3. The molecule has 0 bridgehead atoms. The van der Waals surface area contributed by atoms with E-state index in [9.17, 15) is 19.2 Å². The number of benzene rings is 1. The van der Waals surface area contributed by atoms with Crippen molar-refractivity contribution in [3.63, 3.8) is 0 Å². The molecule has 0 aliphatic rings. The van der Waals surface area contributed by atoms with Crippen molar-refractivity contribution >= 4 is 28.5 Å². The summed E-state index contributed by atoms with van der Waals surface area (Å²) in [5.74, 6) is -1.34. The molecule has 0 unspecified atom stereocenters. The average molecular weight is 345 g/mol. The van der Waals surface area contributed by atoms with Gasteiger partial charge in [-0.2, -0.15) is 5.10 Å². The zero-order chi connectivity index (χ0) is 18.4. The molecule has 9 heteroatoms. The van der Waals surface area contributed by atoms with Crippen molar-refractivity contribution in [1.29, 1.82) is 0 Å². The van der Waals surface area contributed by atoms with Crippen LogP contribution in [0.4, 0.5) is 0 Å². The van der Waals surface area contributed by atoms with E-state index in [0.717, 1.165) is 0 Å². The first-order valence-corrected chi connectivity index (χ1v) is 7.77. The maximum atomic E-state index is 12.4. The van der Waals surface area contributed by atoms with Crippen LogP contribution in [0.15, 0.2) is 29.1 Å². The average Bonchev–Trinajstić information content (AvgIpc) is 2.60. The molecule has 1 heterocycles. The highest BCUT2D eigenvalue weighted by Gasteiger charge is 2.16. The van der Waals surface area contributed by atoms with E-state index in [1.165, 1.54) is 11.6 Å². The molecule has 2 aromatic rings. The molecular formula is C16H19N5O4. The van der Waals surface area contributed by atoms with E-state index < -0.39 is 11.8 Å².